The molecule has 0 saturated heterocycles. The smallest absolute Gasteiger partial charge is 0.161 e. The Labute approximate surface area is 92.0 Å². The van der Waals surface area contributed by atoms with Crippen molar-refractivity contribution < 1.29 is 9.84 Å². The molecule has 0 aliphatic rings. The maximum absolute atomic E-state index is 9.58. The van der Waals surface area contributed by atoms with E-state index in [9.17, 15) is 5.11 Å². The molecule has 3 nitrogen and oxygen atoms in total. The van der Waals surface area contributed by atoms with Gasteiger partial charge < -0.3 is 15.6 Å². The number of hydrogen-bond donors (Lipinski definition) is 2. The van der Waals surface area contributed by atoms with Gasteiger partial charge in [0.2, 0.25) is 0 Å². The van der Waals surface area contributed by atoms with E-state index >= 15 is 0 Å². The molecule has 1 aromatic rings. The van der Waals surface area contributed by atoms with E-state index in [0.29, 0.717) is 5.75 Å². The van der Waals surface area contributed by atoms with Crippen molar-refractivity contribution in [3.8, 4) is 11.5 Å². The average Bonchev–Trinajstić information content (AvgIpc) is 2.06. The molecule has 4 heteroatoms. The van der Waals surface area contributed by atoms with Gasteiger partial charge in [0.05, 0.1) is 7.11 Å². The van der Waals surface area contributed by atoms with E-state index in [4.69, 9.17) is 10.5 Å². The first-order chi connectivity index (χ1) is 6.36. The first-order valence-electron chi connectivity index (χ1n) is 4.22. The van der Waals surface area contributed by atoms with Crippen LogP contribution in [0.25, 0.3) is 0 Å². The zero-order valence-electron chi connectivity index (χ0n) is 8.47. The predicted molar refractivity (Wildman–Crippen MR) is 59.6 cm³/mol. The molecule has 0 amide bonds. The van der Waals surface area contributed by atoms with Crippen molar-refractivity contribution in [3.63, 3.8) is 0 Å². The summed E-state index contributed by atoms with van der Waals surface area (Å²) in [6, 6.07) is 3.32. The van der Waals surface area contributed by atoms with Crippen molar-refractivity contribution in [2.45, 2.75) is 19.4 Å². The molecule has 0 heterocycles. The van der Waals surface area contributed by atoms with Crippen LogP contribution in [-0.4, -0.2) is 12.2 Å². The number of phenolic OH excluding ortho intramolecular Hbond substituents is 1. The predicted octanol–water partition coefficient (Wildman–Crippen LogP) is 2.36. The molecule has 0 unspecified atom stereocenters. The Morgan fingerprint density at radius 1 is 1.43 bits per heavy atom. The number of phenols is 1. The van der Waals surface area contributed by atoms with Crippen LogP contribution < -0.4 is 10.5 Å². The Hall–Kier alpha value is -0.740. The maximum atomic E-state index is 9.58. The molecule has 0 aromatic heterocycles. The van der Waals surface area contributed by atoms with Crippen LogP contribution in [-0.2, 0) is 5.54 Å². The normalized spacial score (nSPS) is 11.5. The Morgan fingerprint density at radius 3 is 2.43 bits per heavy atom. The third-order valence-corrected chi connectivity index (χ3v) is 2.62. The van der Waals surface area contributed by atoms with E-state index in [1.807, 2.05) is 13.8 Å². The number of hydrogen-bond acceptors (Lipinski definition) is 3. The average molecular weight is 260 g/mol. The van der Waals surface area contributed by atoms with Gasteiger partial charge in [-0.3, -0.25) is 0 Å². The van der Waals surface area contributed by atoms with E-state index in [0.717, 1.165) is 10.0 Å². The highest BCUT2D eigenvalue weighted by Crippen LogP contribution is 2.36. The van der Waals surface area contributed by atoms with Crippen molar-refractivity contribution in [2.24, 2.45) is 5.73 Å². The van der Waals surface area contributed by atoms with Crippen LogP contribution in [0, 0.1) is 0 Å². The molecule has 0 spiro atoms. The second-order valence-electron chi connectivity index (χ2n) is 3.73. The molecule has 0 atom stereocenters. The van der Waals surface area contributed by atoms with Gasteiger partial charge in [-0.1, -0.05) is 15.9 Å². The minimum absolute atomic E-state index is 0.101. The Kier molecular flexibility index (Phi) is 3.07. The van der Waals surface area contributed by atoms with Crippen molar-refractivity contribution in [1.82, 2.24) is 0 Å². The minimum Gasteiger partial charge on any atom is -0.504 e. The molecule has 3 N–H and O–H groups in total. The number of benzene rings is 1. The van der Waals surface area contributed by atoms with E-state index in [1.54, 1.807) is 12.1 Å². The molecule has 0 saturated carbocycles. The first-order valence-corrected chi connectivity index (χ1v) is 5.01. The summed E-state index contributed by atoms with van der Waals surface area (Å²) in [6.45, 7) is 3.75. The zero-order valence-corrected chi connectivity index (χ0v) is 10.1. The van der Waals surface area contributed by atoms with Crippen molar-refractivity contribution in [1.29, 1.82) is 0 Å². The van der Waals surface area contributed by atoms with E-state index in [2.05, 4.69) is 15.9 Å². The van der Waals surface area contributed by atoms with Gasteiger partial charge >= 0.3 is 0 Å². The summed E-state index contributed by atoms with van der Waals surface area (Å²) in [6.07, 6.45) is 0. The highest BCUT2D eigenvalue weighted by Gasteiger charge is 2.19. The lowest BCUT2D eigenvalue weighted by Crippen LogP contribution is -2.29. The summed E-state index contributed by atoms with van der Waals surface area (Å²) in [5.41, 5.74) is 6.28. The summed E-state index contributed by atoms with van der Waals surface area (Å²) < 4.78 is 5.81. The van der Waals surface area contributed by atoms with E-state index in [1.165, 1.54) is 7.11 Å². The second kappa shape index (κ2) is 3.79. The maximum Gasteiger partial charge on any atom is 0.161 e. The van der Waals surface area contributed by atoms with Gasteiger partial charge in [-0.25, -0.2) is 0 Å². The fourth-order valence-corrected chi connectivity index (χ4v) is 2.03. The highest BCUT2D eigenvalue weighted by molar-refractivity contribution is 9.10. The van der Waals surface area contributed by atoms with Crippen LogP contribution in [0.2, 0.25) is 0 Å². The lowest BCUT2D eigenvalue weighted by Gasteiger charge is -2.21. The topological polar surface area (TPSA) is 55.5 Å². The fourth-order valence-electron chi connectivity index (χ4n) is 1.20. The number of halogens is 1. The number of ether oxygens (including phenoxy) is 1. The molecular formula is C10H14BrNO2. The van der Waals surface area contributed by atoms with Crippen molar-refractivity contribution in [2.75, 3.05) is 7.11 Å². The molecule has 14 heavy (non-hydrogen) atoms. The number of rotatable bonds is 2. The quantitative estimate of drug-likeness (QED) is 0.858. The summed E-state index contributed by atoms with van der Waals surface area (Å²) in [7, 11) is 1.51. The van der Waals surface area contributed by atoms with Crippen molar-refractivity contribution >= 4 is 15.9 Å². The SMILES string of the molecule is COc1cc(Br)c(C(C)(C)N)cc1O. The van der Waals surface area contributed by atoms with Gasteiger partial charge in [0.25, 0.3) is 0 Å². The standard InChI is InChI=1S/C10H14BrNO2/c1-10(2,12)6-4-8(13)9(14-3)5-7(6)11/h4-5,13H,12H2,1-3H3. The fraction of sp³-hybridized carbons (Fsp3) is 0.400. The molecule has 0 aliphatic heterocycles. The van der Waals surface area contributed by atoms with Crippen LogP contribution in [0.1, 0.15) is 19.4 Å². The summed E-state index contributed by atoms with van der Waals surface area (Å²) in [4.78, 5) is 0. The Bertz CT molecular complexity index is 345. The minimum atomic E-state index is -0.497. The monoisotopic (exact) mass is 259 g/mol. The first kappa shape index (κ1) is 11.3. The lowest BCUT2D eigenvalue weighted by molar-refractivity contribution is 0.371. The van der Waals surface area contributed by atoms with Gasteiger partial charge in [-0.15, -0.1) is 0 Å². The number of nitrogens with two attached hydrogens (primary N) is 1. The van der Waals surface area contributed by atoms with Crippen LogP contribution in [0.3, 0.4) is 0 Å². The Balaban J connectivity index is 3.29. The zero-order chi connectivity index (χ0) is 10.9. The van der Waals surface area contributed by atoms with E-state index in [-0.39, 0.29) is 5.75 Å². The van der Waals surface area contributed by atoms with Crippen LogP contribution in [0.4, 0.5) is 0 Å². The molecule has 0 fully saturated rings. The lowest BCUT2D eigenvalue weighted by atomic mass is 9.95. The van der Waals surface area contributed by atoms with Crippen molar-refractivity contribution in [3.05, 3.63) is 22.2 Å². The van der Waals surface area contributed by atoms with Gasteiger partial charge in [0.15, 0.2) is 11.5 Å². The molecule has 1 rings (SSSR count). The molecule has 0 aliphatic carbocycles. The Morgan fingerprint density at radius 2 is 2.00 bits per heavy atom. The number of aromatic hydroxyl groups is 1. The van der Waals surface area contributed by atoms with Crippen LogP contribution in [0.15, 0.2) is 16.6 Å². The number of methoxy groups -OCH3 is 1. The highest BCUT2D eigenvalue weighted by atomic mass is 79.9. The third kappa shape index (κ3) is 2.19. The molecular weight excluding hydrogens is 246 g/mol. The summed E-state index contributed by atoms with van der Waals surface area (Å²) >= 11 is 3.39. The molecule has 0 bridgehead atoms. The molecule has 1 aromatic carbocycles. The largest absolute Gasteiger partial charge is 0.504 e. The van der Waals surface area contributed by atoms with E-state index < -0.39 is 5.54 Å². The van der Waals surface area contributed by atoms with Gasteiger partial charge in [0.1, 0.15) is 0 Å². The molecule has 78 valence electrons. The second-order valence-corrected chi connectivity index (χ2v) is 4.58. The third-order valence-electron chi connectivity index (χ3n) is 1.96. The van der Waals surface area contributed by atoms with Gasteiger partial charge in [0, 0.05) is 10.0 Å². The van der Waals surface area contributed by atoms with Crippen LogP contribution in [0.5, 0.6) is 11.5 Å². The van der Waals surface area contributed by atoms with Gasteiger partial charge in [-0.2, -0.15) is 0 Å². The van der Waals surface area contributed by atoms with Gasteiger partial charge in [-0.05, 0) is 31.5 Å². The summed E-state index contributed by atoms with van der Waals surface area (Å²) in [5, 5.41) is 9.58. The molecule has 0 radical (unpaired) electrons. The van der Waals surface area contributed by atoms with Crippen LogP contribution >= 0.6 is 15.9 Å². The summed E-state index contributed by atoms with van der Waals surface area (Å²) in [5.74, 6) is 0.536.